The number of anilines is 1. The summed E-state index contributed by atoms with van der Waals surface area (Å²) in [6, 6.07) is 5.05. The number of amides is 1. The van der Waals surface area contributed by atoms with Gasteiger partial charge in [0.1, 0.15) is 21.4 Å². The summed E-state index contributed by atoms with van der Waals surface area (Å²) in [5.74, 6) is 0.204. The number of halogens is 3. The quantitative estimate of drug-likeness (QED) is 0.408. The Morgan fingerprint density at radius 1 is 1.20 bits per heavy atom. The number of nitrogens with zero attached hydrogens (tertiary/aromatic N) is 2. The standard InChI is InChI=1S/C20H18F3N3O2S2/c1-11-24-18(17-14-4-2-3-5-15(14)30-19(17)25-11)29-10-16(27)26-12-6-8-13(9-7-12)28-20(21,22)23/h6-9H,2-5,10H2,1H3,(H,26,27). The van der Waals surface area contributed by atoms with Gasteiger partial charge in [-0.05, 0) is 62.4 Å². The van der Waals surface area contributed by atoms with Gasteiger partial charge in [-0.25, -0.2) is 9.97 Å². The molecule has 2 heterocycles. The number of aromatic nitrogens is 2. The smallest absolute Gasteiger partial charge is 0.406 e. The van der Waals surface area contributed by atoms with Gasteiger partial charge in [-0.15, -0.1) is 24.5 Å². The van der Waals surface area contributed by atoms with E-state index in [1.54, 1.807) is 11.3 Å². The van der Waals surface area contributed by atoms with Gasteiger partial charge in [-0.3, -0.25) is 4.79 Å². The van der Waals surface area contributed by atoms with E-state index in [2.05, 4.69) is 20.0 Å². The van der Waals surface area contributed by atoms with Gasteiger partial charge < -0.3 is 10.1 Å². The second kappa shape index (κ2) is 8.43. The number of nitrogens with one attached hydrogen (secondary N) is 1. The summed E-state index contributed by atoms with van der Waals surface area (Å²) in [4.78, 5) is 23.8. The lowest BCUT2D eigenvalue weighted by atomic mass is 9.97. The maximum Gasteiger partial charge on any atom is 0.573 e. The molecule has 0 radical (unpaired) electrons. The van der Waals surface area contributed by atoms with Crippen LogP contribution in [0, 0.1) is 6.92 Å². The maximum atomic E-state index is 12.4. The van der Waals surface area contributed by atoms with Crippen LogP contribution < -0.4 is 10.1 Å². The van der Waals surface area contributed by atoms with E-state index in [-0.39, 0.29) is 17.4 Å². The van der Waals surface area contributed by atoms with Crippen LogP contribution in [0.1, 0.15) is 29.1 Å². The van der Waals surface area contributed by atoms with Crippen LogP contribution >= 0.6 is 23.1 Å². The zero-order chi connectivity index (χ0) is 21.3. The van der Waals surface area contributed by atoms with Gasteiger partial charge in [0, 0.05) is 16.0 Å². The van der Waals surface area contributed by atoms with Crippen LogP contribution in [0.25, 0.3) is 10.2 Å². The maximum absolute atomic E-state index is 12.4. The normalized spacial score (nSPS) is 13.9. The first-order chi connectivity index (χ1) is 14.3. The Kier molecular flexibility index (Phi) is 5.88. The number of rotatable bonds is 5. The highest BCUT2D eigenvalue weighted by Gasteiger charge is 2.31. The van der Waals surface area contributed by atoms with E-state index in [0.29, 0.717) is 11.5 Å². The molecule has 0 atom stereocenters. The second-order valence-electron chi connectivity index (χ2n) is 6.88. The molecule has 1 N–H and O–H groups in total. The van der Waals surface area contributed by atoms with E-state index in [0.717, 1.165) is 46.6 Å². The van der Waals surface area contributed by atoms with E-state index in [1.807, 2.05) is 6.92 Å². The number of benzene rings is 1. The van der Waals surface area contributed by atoms with Gasteiger partial charge in [0.25, 0.3) is 0 Å². The number of thioether (sulfide) groups is 1. The summed E-state index contributed by atoms with van der Waals surface area (Å²) in [5.41, 5.74) is 1.71. The molecular weight excluding hydrogens is 435 g/mol. The van der Waals surface area contributed by atoms with Crippen molar-refractivity contribution in [2.24, 2.45) is 0 Å². The van der Waals surface area contributed by atoms with Gasteiger partial charge in [0.05, 0.1) is 5.75 Å². The molecule has 0 saturated heterocycles. The third-order valence-corrected chi connectivity index (χ3v) is 6.77. The van der Waals surface area contributed by atoms with Crippen LogP contribution in [0.15, 0.2) is 29.3 Å². The third kappa shape index (κ3) is 4.86. The number of alkyl halides is 3. The number of thiophene rings is 1. The first-order valence-electron chi connectivity index (χ1n) is 9.36. The monoisotopic (exact) mass is 453 g/mol. The van der Waals surface area contributed by atoms with Crippen LogP contribution in [0.5, 0.6) is 5.75 Å². The molecule has 0 fully saturated rings. The Balaban J connectivity index is 1.44. The molecular formula is C20H18F3N3O2S2. The van der Waals surface area contributed by atoms with Crippen molar-refractivity contribution >= 4 is 44.9 Å². The Morgan fingerprint density at radius 2 is 1.93 bits per heavy atom. The Bertz CT molecular complexity index is 1080. The summed E-state index contributed by atoms with van der Waals surface area (Å²) < 4.78 is 40.5. The van der Waals surface area contributed by atoms with Crippen LogP contribution in [-0.4, -0.2) is 28.0 Å². The number of carbonyl (C=O) groups is 1. The van der Waals surface area contributed by atoms with Gasteiger partial charge >= 0.3 is 6.36 Å². The highest BCUT2D eigenvalue weighted by molar-refractivity contribution is 8.00. The molecule has 5 nitrogen and oxygen atoms in total. The minimum atomic E-state index is -4.75. The van der Waals surface area contributed by atoms with Crippen molar-refractivity contribution in [2.75, 3.05) is 11.1 Å². The minimum absolute atomic E-state index is 0.136. The summed E-state index contributed by atoms with van der Waals surface area (Å²) in [6.45, 7) is 1.84. The molecule has 0 bridgehead atoms. The lowest BCUT2D eigenvalue weighted by Gasteiger charge is -2.12. The van der Waals surface area contributed by atoms with E-state index in [9.17, 15) is 18.0 Å². The number of ether oxygens (including phenoxy) is 1. The molecule has 0 unspecified atom stereocenters. The fraction of sp³-hybridized carbons (Fsp3) is 0.350. The van der Waals surface area contributed by atoms with Crippen LogP contribution in [0.3, 0.4) is 0 Å². The summed E-state index contributed by atoms with van der Waals surface area (Å²) in [5, 5.41) is 4.55. The molecule has 1 aromatic carbocycles. The number of fused-ring (bicyclic) bond motifs is 3. The summed E-state index contributed by atoms with van der Waals surface area (Å²) in [7, 11) is 0. The predicted molar refractivity (Wildman–Crippen MR) is 111 cm³/mol. The molecule has 0 aliphatic heterocycles. The zero-order valence-electron chi connectivity index (χ0n) is 16.0. The molecule has 0 saturated carbocycles. The average molecular weight is 454 g/mol. The molecule has 4 rings (SSSR count). The molecule has 10 heteroatoms. The molecule has 2 aromatic heterocycles. The van der Waals surface area contributed by atoms with Crippen LogP contribution in [0.2, 0.25) is 0 Å². The van der Waals surface area contributed by atoms with Gasteiger partial charge in [-0.2, -0.15) is 0 Å². The first kappa shape index (κ1) is 20.9. The summed E-state index contributed by atoms with van der Waals surface area (Å²) >= 11 is 3.06. The van der Waals surface area contributed by atoms with E-state index in [1.165, 1.54) is 40.8 Å². The molecule has 158 valence electrons. The van der Waals surface area contributed by atoms with Crippen molar-refractivity contribution < 1.29 is 22.7 Å². The fourth-order valence-electron chi connectivity index (χ4n) is 3.40. The topological polar surface area (TPSA) is 64.1 Å². The minimum Gasteiger partial charge on any atom is -0.406 e. The number of hydrogen-bond acceptors (Lipinski definition) is 6. The largest absolute Gasteiger partial charge is 0.573 e. The second-order valence-corrected chi connectivity index (χ2v) is 8.92. The highest BCUT2D eigenvalue weighted by Crippen LogP contribution is 2.39. The number of carbonyl (C=O) groups excluding carboxylic acids is 1. The highest BCUT2D eigenvalue weighted by atomic mass is 32.2. The molecule has 1 aliphatic rings. The summed E-state index contributed by atoms with van der Waals surface area (Å²) in [6.07, 6.45) is -0.347. The molecule has 1 aliphatic carbocycles. The van der Waals surface area contributed by atoms with Crippen LogP contribution in [0.4, 0.5) is 18.9 Å². The molecule has 0 spiro atoms. The van der Waals surface area contributed by atoms with E-state index >= 15 is 0 Å². The fourth-order valence-corrected chi connectivity index (χ4v) is 5.67. The molecule has 30 heavy (non-hydrogen) atoms. The lowest BCUT2D eigenvalue weighted by molar-refractivity contribution is -0.274. The number of hydrogen-bond donors (Lipinski definition) is 1. The van der Waals surface area contributed by atoms with Crippen molar-refractivity contribution in [3.63, 3.8) is 0 Å². The van der Waals surface area contributed by atoms with E-state index in [4.69, 9.17) is 0 Å². The van der Waals surface area contributed by atoms with Crippen LogP contribution in [-0.2, 0) is 17.6 Å². The lowest BCUT2D eigenvalue weighted by Crippen LogP contribution is -2.17. The Hall–Kier alpha value is -2.33. The first-order valence-corrected chi connectivity index (χ1v) is 11.2. The van der Waals surface area contributed by atoms with Crippen molar-refractivity contribution in [1.82, 2.24) is 9.97 Å². The Morgan fingerprint density at radius 3 is 2.67 bits per heavy atom. The van der Waals surface area contributed by atoms with Crippen molar-refractivity contribution in [3.05, 3.63) is 40.5 Å². The van der Waals surface area contributed by atoms with Crippen molar-refractivity contribution in [3.8, 4) is 5.75 Å². The number of aryl methyl sites for hydroxylation is 3. The van der Waals surface area contributed by atoms with Gasteiger partial charge in [0.15, 0.2) is 0 Å². The average Bonchev–Trinajstić information content (AvgIpc) is 3.04. The molecule has 3 aromatic rings. The SMILES string of the molecule is Cc1nc(SCC(=O)Nc2ccc(OC(F)(F)F)cc2)c2c3c(sc2n1)CCCC3. The Labute approximate surface area is 179 Å². The molecule has 1 amide bonds. The van der Waals surface area contributed by atoms with Gasteiger partial charge in [0.2, 0.25) is 5.91 Å². The predicted octanol–water partition coefficient (Wildman–Crippen LogP) is 5.51. The third-order valence-electron chi connectivity index (χ3n) is 4.60. The zero-order valence-corrected chi connectivity index (χ0v) is 17.6. The van der Waals surface area contributed by atoms with E-state index < -0.39 is 6.36 Å². The van der Waals surface area contributed by atoms with Crippen molar-refractivity contribution in [2.45, 2.75) is 44.0 Å². The van der Waals surface area contributed by atoms with Gasteiger partial charge in [-0.1, -0.05) is 11.8 Å². The van der Waals surface area contributed by atoms with Crippen molar-refractivity contribution in [1.29, 1.82) is 0 Å².